The lowest BCUT2D eigenvalue weighted by molar-refractivity contribution is 0.264. The number of halogens is 1. The lowest BCUT2D eigenvalue weighted by atomic mass is 10.3. The minimum Gasteiger partial charge on any atom is -0.475 e. The van der Waals surface area contributed by atoms with Gasteiger partial charge < -0.3 is 4.74 Å². The van der Waals surface area contributed by atoms with E-state index in [9.17, 15) is 4.39 Å². The minimum atomic E-state index is -0.477. The van der Waals surface area contributed by atoms with Gasteiger partial charge in [0.05, 0.1) is 0 Å². The number of aryl methyl sites for hydroxylation is 1. The maximum Gasteiger partial charge on any atom is 0.213 e. The molecule has 11 heavy (non-hydrogen) atoms. The summed E-state index contributed by atoms with van der Waals surface area (Å²) in [6.45, 7) is 1.54. The molecule has 1 heterocycles. The third kappa shape index (κ3) is 2.53. The first-order valence-electron chi connectivity index (χ1n) is 3.44. The molecule has 3 heteroatoms. The van der Waals surface area contributed by atoms with Crippen LogP contribution in [0.25, 0.3) is 0 Å². The van der Waals surface area contributed by atoms with Gasteiger partial charge in [0.25, 0.3) is 0 Å². The summed E-state index contributed by atoms with van der Waals surface area (Å²) in [5, 5.41) is 0. The normalized spacial score (nSPS) is 9.64. The molecular weight excluding hydrogens is 145 g/mol. The lowest BCUT2D eigenvalue weighted by Crippen LogP contribution is -2.00. The van der Waals surface area contributed by atoms with Crippen molar-refractivity contribution >= 4 is 0 Å². The molecule has 0 aliphatic rings. The van der Waals surface area contributed by atoms with E-state index in [-0.39, 0.29) is 6.61 Å². The molecule has 0 spiro atoms. The Balaban J connectivity index is 2.56. The lowest BCUT2D eigenvalue weighted by Gasteiger charge is -2.01. The fraction of sp³-hybridized carbons (Fsp3) is 0.375. The van der Waals surface area contributed by atoms with Gasteiger partial charge in [-0.25, -0.2) is 9.37 Å². The standard InChI is InChI=1S/C8H10FNO/c1-7-2-4-10-8(6-7)11-5-3-9/h2,4,6H,3,5H2,1H3. The highest BCUT2D eigenvalue weighted by Gasteiger charge is 1.93. The Hall–Kier alpha value is -1.12. The van der Waals surface area contributed by atoms with E-state index in [0.717, 1.165) is 5.56 Å². The van der Waals surface area contributed by atoms with Crippen LogP contribution in [0.2, 0.25) is 0 Å². The predicted molar refractivity (Wildman–Crippen MR) is 40.4 cm³/mol. The van der Waals surface area contributed by atoms with Gasteiger partial charge in [-0.05, 0) is 18.6 Å². The topological polar surface area (TPSA) is 22.1 Å². The SMILES string of the molecule is Cc1ccnc(OCCF)c1. The van der Waals surface area contributed by atoms with E-state index in [0.29, 0.717) is 5.88 Å². The van der Waals surface area contributed by atoms with Crippen LogP contribution in [0.15, 0.2) is 18.3 Å². The molecule has 0 N–H and O–H groups in total. The van der Waals surface area contributed by atoms with Gasteiger partial charge >= 0.3 is 0 Å². The number of hydrogen-bond donors (Lipinski definition) is 0. The summed E-state index contributed by atoms with van der Waals surface area (Å²) < 4.78 is 16.6. The van der Waals surface area contributed by atoms with Crippen LogP contribution in [-0.4, -0.2) is 18.3 Å². The van der Waals surface area contributed by atoms with E-state index in [2.05, 4.69) is 4.98 Å². The van der Waals surface area contributed by atoms with Crippen molar-refractivity contribution in [1.29, 1.82) is 0 Å². The molecule has 1 aromatic rings. The highest BCUT2D eigenvalue weighted by atomic mass is 19.1. The van der Waals surface area contributed by atoms with Crippen LogP contribution in [0.4, 0.5) is 4.39 Å². The van der Waals surface area contributed by atoms with Crippen LogP contribution < -0.4 is 4.74 Å². The third-order valence-corrected chi connectivity index (χ3v) is 1.22. The van der Waals surface area contributed by atoms with Gasteiger partial charge in [-0.1, -0.05) is 0 Å². The number of aromatic nitrogens is 1. The van der Waals surface area contributed by atoms with Gasteiger partial charge in [0.1, 0.15) is 13.3 Å². The van der Waals surface area contributed by atoms with Crippen molar-refractivity contribution in [2.75, 3.05) is 13.3 Å². The van der Waals surface area contributed by atoms with Gasteiger partial charge in [0.15, 0.2) is 0 Å². The van der Waals surface area contributed by atoms with Crippen LogP contribution in [0, 0.1) is 6.92 Å². The van der Waals surface area contributed by atoms with E-state index >= 15 is 0 Å². The average molecular weight is 155 g/mol. The first-order valence-corrected chi connectivity index (χ1v) is 3.44. The molecule has 0 aliphatic heterocycles. The van der Waals surface area contributed by atoms with Crippen LogP contribution in [0.3, 0.4) is 0 Å². The molecule has 1 rings (SSSR count). The summed E-state index contributed by atoms with van der Waals surface area (Å²) in [5.74, 6) is 0.489. The monoisotopic (exact) mass is 155 g/mol. The minimum absolute atomic E-state index is 0.0798. The molecule has 0 atom stereocenters. The van der Waals surface area contributed by atoms with Gasteiger partial charge in [-0.3, -0.25) is 0 Å². The quantitative estimate of drug-likeness (QED) is 0.663. The largest absolute Gasteiger partial charge is 0.475 e. The molecule has 0 radical (unpaired) electrons. The average Bonchev–Trinajstić information content (AvgIpc) is 2.01. The number of rotatable bonds is 3. The number of hydrogen-bond acceptors (Lipinski definition) is 2. The summed E-state index contributed by atoms with van der Waals surface area (Å²) in [4.78, 5) is 3.89. The van der Waals surface area contributed by atoms with Gasteiger partial charge in [-0.2, -0.15) is 0 Å². The zero-order valence-electron chi connectivity index (χ0n) is 6.38. The van der Waals surface area contributed by atoms with Gasteiger partial charge in [-0.15, -0.1) is 0 Å². The predicted octanol–water partition coefficient (Wildman–Crippen LogP) is 1.74. The van der Waals surface area contributed by atoms with E-state index in [1.807, 2.05) is 13.0 Å². The molecule has 0 saturated carbocycles. The molecule has 0 bridgehead atoms. The second-order valence-electron chi connectivity index (χ2n) is 2.21. The highest BCUT2D eigenvalue weighted by Crippen LogP contribution is 2.07. The van der Waals surface area contributed by atoms with Crippen LogP contribution >= 0.6 is 0 Å². The van der Waals surface area contributed by atoms with Crippen molar-refractivity contribution in [2.45, 2.75) is 6.92 Å². The van der Waals surface area contributed by atoms with Crippen LogP contribution in [-0.2, 0) is 0 Å². The Bertz CT molecular complexity index is 227. The molecule has 0 amide bonds. The molecule has 0 aliphatic carbocycles. The Kier molecular flexibility index (Phi) is 2.83. The Morgan fingerprint density at radius 1 is 1.64 bits per heavy atom. The maximum absolute atomic E-state index is 11.6. The molecule has 0 unspecified atom stereocenters. The summed E-state index contributed by atoms with van der Waals surface area (Å²) in [7, 11) is 0. The molecule has 2 nitrogen and oxygen atoms in total. The van der Waals surface area contributed by atoms with Gasteiger partial charge in [0.2, 0.25) is 5.88 Å². The maximum atomic E-state index is 11.6. The van der Waals surface area contributed by atoms with E-state index < -0.39 is 6.67 Å². The van der Waals surface area contributed by atoms with Crippen molar-refractivity contribution in [3.63, 3.8) is 0 Å². The second-order valence-corrected chi connectivity index (χ2v) is 2.21. The summed E-state index contributed by atoms with van der Waals surface area (Å²) >= 11 is 0. The molecule has 0 fully saturated rings. The molecular formula is C8H10FNO. The Labute approximate surface area is 65.0 Å². The Morgan fingerprint density at radius 3 is 3.09 bits per heavy atom. The third-order valence-electron chi connectivity index (χ3n) is 1.22. The number of nitrogens with zero attached hydrogens (tertiary/aromatic N) is 1. The smallest absolute Gasteiger partial charge is 0.213 e. The molecule has 1 aromatic heterocycles. The number of pyridine rings is 1. The van der Waals surface area contributed by atoms with Crippen molar-refractivity contribution < 1.29 is 9.13 Å². The van der Waals surface area contributed by atoms with Gasteiger partial charge in [0, 0.05) is 12.3 Å². The van der Waals surface area contributed by atoms with Crippen molar-refractivity contribution in [3.8, 4) is 5.88 Å². The summed E-state index contributed by atoms with van der Waals surface area (Å²) in [5.41, 5.74) is 1.06. The Morgan fingerprint density at radius 2 is 2.45 bits per heavy atom. The van der Waals surface area contributed by atoms with Crippen LogP contribution in [0.1, 0.15) is 5.56 Å². The summed E-state index contributed by atoms with van der Waals surface area (Å²) in [6, 6.07) is 3.64. The zero-order valence-corrected chi connectivity index (χ0v) is 6.38. The van der Waals surface area contributed by atoms with E-state index in [4.69, 9.17) is 4.74 Å². The fourth-order valence-corrected chi connectivity index (χ4v) is 0.731. The molecule has 60 valence electrons. The van der Waals surface area contributed by atoms with E-state index in [1.54, 1.807) is 12.3 Å². The van der Waals surface area contributed by atoms with Crippen molar-refractivity contribution in [3.05, 3.63) is 23.9 Å². The van der Waals surface area contributed by atoms with E-state index in [1.165, 1.54) is 0 Å². The molecule has 0 aromatic carbocycles. The first-order chi connectivity index (χ1) is 5.33. The van der Waals surface area contributed by atoms with Crippen molar-refractivity contribution in [1.82, 2.24) is 4.98 Å². The van der Waals surface area contributed by atoms with Crippen molar-refractivity contribution in [2.24, 2.45) is 0 Å². The second kappa shape index (κ2) is 3.91. The fourth-order valence-electron chi connectivity index (χ4n) is 0.731. The van der Waals surface area contributed by atoms with Crippen LogP contribution in [0.5, 0.6) is 5.88 Å². The highest BCUT2D eigenvalue weighted by molar-refractivity contribution is 5.18. The number of ether oxygens (including phenoxy) is 1. The molecule has 0 saturated heterocycles. The zero-order chi connectivity index (χ0) is 8.10. The first kappa shape index (κ1) is 7.98. The number of alkyl halides is 1. The summed E-state index contributed by atoms with van der Waals surface area (Å²) in [6.07, 6.45) is 1.64.